The highest BCUT2D eigenvalue weighted by Gasteiger charge is 2.23. The van der Waals surface area contributed by atoms with Crippen LogP contribution in [0.3, 0.4) is 0 Å². The van der Waals surface area contributed by atoms with E-state index in [0.717, 1.165) is 10.6 Å². The zero-order chi connectivity index (χ0) is 15.6. The highest BCUT2D eigenvalue weighted by atomic mass is 35.5. The molecule has 0 spiro atoms. The fraction of sp³-hybridized carbons (Fsp3) is 0.312. The minimum absolute atomic E-state index is 0.0609. The Morgan fingerprint density at radius 1 is 1.19 bits per heavy atom. The van der Waals surface area contributed by atoms with Gasteiger partial charge >= 0.3 is 0 Å². The lowest BCUT2D eigenvalue weighted by Crippen LogP contribution is -2.27. The van der Waals surface area contributed by atoms with Gasteiger partial charge in [0.15, 0.2) is 0 Å². The number of anilines is 1. The number of benzene rings is 1. The molecule has 0 aliphatic carbocycles. The molecule has 0 radical (unpaired) electrons. The summed E-state index contributed by atoms with van der Waals surface area (Å²) in [4.78, 5) is 13.9. The SMILES string of the molecule is CC(C)(C)c1ccc(C(Nc2ccc(Cl)cc2)C(N)=O)s1. The second kappa shape index (κ2) is 6.08. The van der Waals surface area contributed by atoms with E-state index in [0.29, 0.717) is 5.02 Å². The zero-order valence-electron chi connectivity index (χ0n) is 12.3. The van der Waals surface area contributed by atoms with Crippen LogP contribution in [-0.4, -0.2) is 5.91 Å². The molecule has 1 aromatic heterocycles. The first-order chi connectivity index (χ1) is 9.77. The average Bonchev–Trinajstić information content (AvgIpc) is 2.87. The summed E-state index contributed by atoms with van der Waals surface area (Å²) in [6, 6.07) is 10.7. The lowest BCUT2D eigenvalue weighted by Gasteiger charge is -2.17. The third-order valence-corrected chi connectivity index (χ3v) is 4.92. The van der Waals surface area contributed by atoms with E-state index >= 15 is 0 Å². The molecule has 112 valence electrons. The van der Waals surface area contributed by atoms with Crippen molar-refractivity contribution < 1.29 is 4.79 Å². The number of hydrogen-bond donors (Lipinski definition) is 2. The third-order valence-electron chi connectivity index (χ3n) is 3.09. The minimum Gasteiger partial charge on any atom is -0.369 e. The van der Waals surface area contributed by atoms with E-state index in [1.807, 2.05) is 18.2 Å². The number of primary amides is 1. The van der Waals surface area contributed by atoms with Crippen LogP contribution in [0.25, 0.3) is 0 Å². The third kappa shape index (κ3) is 3.99. The van der Waals surface area contributed by atoms with Gasteiger partial charge in [0, 0.05) is 20.5 Å². The van der Waals surface area contributed by atoms with Crippen molar-refractivity contribution >= 4 is 34.5 Å². The monoisotopic (exact) mass is 322 g/mol. The summed E-state index contributed by atoms with van der Waals surface area (Å²) in [5.74, 6) is -0.396. The summed E-state index contributed by atoms with van der Waals surface area (Å²) in [7, 11) is 0. The zero-order valence-corrected chi connectivity index (χ0v) is 13.9. The predicted molar refractivity (Wildman–Crippen MR) is 90.0 cm³/mol. The predicted octanol–water partition coefficient (Wildman–Crippen LogP) is 4.34. The van der Waals surface area contributed by atoms with Gasteiger partial charge < -0.3 is 11.1 Å². The van der Waals surface area contributed by atoms with Crippen molar-refractivity contribution in [1.82, 2.24) is 0 Å². The summed E-state index contributed by atoms with van der Waals surface area (Å²) in [5, 5.41) is 3.82. The maximum atomic E-state index is 11.8. The normalized spacial score (nSPS) is 13.0. The lowest BCUT2D eigenvalue weighted by molar-refractivity contribution is -0.118. The first kappa shape index (κ1) is 15.9. The molecule has 3 nitrogen and oxygen atoms in total. The topological polar surface area (TPSA) is 55.1 Å². The van der Waals surface area contributed by atoms with Crippen LogP contribution in [0.5, 0.6) is 0 Å². The number of hydrogen-bond acceptors (Lipinski definition) is 3. The molecule has 2 aromatic rings. The van der Waals surface area contributed by atoms with Crippen LogP contribution in [0.1, 0.15) is 36.6 Å². The molecule has 0 aliphatic rings. The van der Waals surface area contributed by atoms with Crippen LogP contribution in [0.15, 0.2) is 36.4 Å². The van der Waals surface area contributed by atoms with Crippen LogP contribution in [0, 0.1) is 0 Å². The molecule has 2 rings (SSSR count). The molecule has 1 amide bonds. The van der Waals surface area contributed by atoms with E-state index in [9.17, 15) is 4.79 Å². The summed E-state index contributed by atoms with van der Waals surface area (Å²) < 4.78 is 0. The molecular formula is C16H19ClN2OS. The van der Waals surface area contributed by atoms with Gasteiger partial charge in [0.05, 0.1) is 0 Å². The fourth-order valence-corrected chi connectivity index (χ4v) is 3.16. The maximum Gasteiger partial charge on any atom is 0.245 e. The Labute approximate surface area is 134 Å². The number of thiophene rings is 1. The fourth-order valence-electron chi connectivity index (χ4n) is 1.91. The number of carbonyl (C=O) groups is 1. The lowest BCUT2D eigenvalue weighted by atomic mass is 9.95. The molecule has 0 saturated carbocycles. The molecule has 0 fully saturated rings. The first-order valence-electron chi connectivity index (χ1n) is 6.69. The smallest absolute Gasteiger partial charge is 0.245 e. The van der Waals surface area contributed by atoms with Crippen LogP contribution in [0.4, 0.5) is 5.69 Å². The van der Waals surface area contributed by atoms with Gasteiger partial charge in [-0.3, -0.25) is 4.79 Å². The van der Waals surface area contributed by atoms with E-state index in [1.54, 1.807) is 23.5 Å². The molecule has 0 saturated heterocycles. The van der Waals surface area contributed by atoms with E-state index in [4.69, 9.17) is 17.3 Å². The van der Waals surface area contributed by atoms with Gasteiger partial charge in [-0.2, -0.15) is 0 Å². The van der Waals surface area contributed by atoms with Gasteiger partial charge in [0.1, 0.15) is 6.04 Å². The Balaban J connectivity index is 2.25. The van der Waals surface area contributed by atoms with Crippen LogP contribution in [-0.2, 0) is 10.2 Å². The molecule has 3 N–H and O–H groups in total. The van der Waals surface area contributed by atoms with Gasteiger partial charge in [-0.25, -0.2) is 0 Å². The minimum atomic E-state index is -0.535. The molecule has 1 unspecified atom stereocenters. The first-order valence-corrected chi connectivity index (χ1v) is 7.88. The number of rotatable bonds is 4. The highest BCUT2D eigenvalue weighted by molar-refractivity contribution is 7.12. The van der Waals surface area contributed by atoms with E-state index in [1.165, 1.54) is 4.88 Å². The van der Waals surface area contributed by atoms with Gasteiger partial charge in [-0.05, 0) is 41.8 Å². The van der Waals surface area contributed by atoms with Crippen molar-refractivity contribution in [3.05, 3.63) is 51.2 Å². The molecule has 5 heteroatoms. The number of amides is 1. The van der Waals surface area contributed by atoms with Crippen molar-refractivity contribution in [2.45, 2.75) is 32.2 Å². The Kier molecular flexibility index (Phi) is 4.59. The Bertz CT molecular complexity index is 628. The molecule has 1 heterocycles. The van der Waals surface area contributed by atoms with Crippen LogP contribution < -0.4 is 11.1 Å². The molecular weight excluding hydrogens is 304 g/mol. The van der Waals surface area contributed by atoms with Crippen LogP contribution in [0.2, 0.25) is 5.02 Å². The molecule has 1 atom stereocenters. The summed E-state index contributed by atoms with van der Waals surface area (Å²) in [5.41, 5.74) is 6.42. The molecule has 0 bridgehead atoms. The van der Waals surface area contributed by atoms with E-state index < -0.39 is 11.9 Å². The van der Waals surface area contributed by atoms with Gasteiger partial charge in [-0.1, -0.05) is 32.4 Å². The Morgan fingerprint density at radius 2 is 1.81 bits per heavy atom. The Morgan fingerprint density at radius 3 is 2.29 bits per heavy atom. The van der Waals surface area contributed by atoms with Crippen molar-refractivity contribution in [3.63, 3.8) is 0 Å². The number of carbonyl (C=O) groups excluding carboxylic acids is 1. The second-order valence-electron chi connectivity index (χ2n) is 5.94. The quantitative estimate of drug-likeness (QED) is 0.879. The van der Waals surface area contributed by atoms with Crippen LogP contribution >= 0.6 is 22.9 Å². The number of halogens is 1. The van der Waals surface area contributed by atoms with Gasteiger partial charge in [0.2, 0.25) is 5.91 Å². The van der Waals surface area contributed by atoms with E-state index in [-0.39, 0.29) is 5.41 Å². The summed E-state index contributed by atoms with van der Waals surface area (Å²) in [6.45, 7) is 6.44. The van der Waals surface area contributed by atoms with Gasteiger partial charge in [0.25, 0.3) is 0 Å². The largest absolute Gasteiger partial charge is 0.369 e. The number of nitrogens with two attached hydrogens (primary N) is 1. The van der Waals surface area contributed by atoms with Crippen molar-refractivity contribution in [2.75, 3.05) is 5.32 Å². The standard InChI is InChI=1S/C16H19ClN2OS/c1-16(2,3)13-9-8-12(21-13)14(15(18)20)19-11-6-4-10(17)5-7-11/h4-9,14,19H,1-3H3,(H2,18,20). The average molecular weight is 323 g/mol. The molecule has 21 heavy (non-hydrogen) atoms. The van der Waals surface area contributed by atoms with E-state index in [2.05, 4.69) is 32.2 Å². The number of nitrogens with one attached hydrogen (secondary N) is 1. The molecule has 1 aromatic carbocycles. The Hall–Kier alpha value is -1.52. The van der Waals surface area contributed by atoms with Crippen molar-refractivity contribution in [2.24, 2.45) is 5.73 Å². The molecule has 0 aliphatic heterocycles. The second-order valence-corrected chi connectivity index (χ2v) is 7.49. The van der Waals surface area contributed by atoms with Crippen molar-refractivity contribution in [1.29, 1.82) is 0 Å². The highest BCUT2D eigenvalue weighted by Crippen LogP contribution is 2.33. The maximum absolute atomic E-state index is 11.8. The summed E-state index contributed by atoms with van der Waals surface area (Å²) in [6.07, 6.45) is 0. The van der Waals surface area contributed by atoms with Gasteiger partial charge in [-0.15, -0.1) is 11.3 Å². The van der Waals surface area contributed by atoms with Crippen molar-refractivity contribution in [3.8, 4) is 0 Å². The summed E-state index contributed by atoms with van der Waals surface area (Å²) >= 11 is 7.47.